The molecule has 6 nitrogen and oxygen atoms in total. The molecule has 3 aromatic rings. The van der Waals surface area contributed by atoms with E-state index in [-0.39, 0.29) is 40.7 Å². The number of ketones is 1. The predicted molar refractivity (Wildman–Crippen MR) is 192 cm³/mol. The molecule has 5 rings (SSSR count). The monoisotopic (exact) mass is 734 g/mol. The molecule has 1 aliphatic carbocycles. The second-order valence-electron chi connectivity index (χ2n) is 15.8. The maximum absolute atomic E-state index is 15.2. The van der Waals surface area contributed by atoms with E-state index in [2.05, 4.69) is 4.98 Å². The van der Waals surface area contributed by atoms with Gasteiger partial charge in [-0.25, -0.2) is 17.8 Å². The Bertz CT molecular complexity index is 1810. The van der Waals surface area contributed by atoms with Crippen molar-refractivity contribution < 1.29 is 22.4 Å². The van der Waals surface area contributed by atoms with Crippen molar-refractivity contribution in [1.29, 1.82) is 0 Å². The Balaban J connectivity index is 1.65. The van der Waals surface area contributed by atoms with E-state index in [0.29, 0.717) is 23.4 Å². The largest absolute Gasteiger partial charge is 0.330 e. The molecule has 260 valence electrons. The predicted octanol–water partition coefficient (Wildman–Crippen LogP) is 9.04. The van der Waals surface area contributed by atoms with E-state index >= 15 is 9.18 Å². The van der Waals surface area contributed by atoms with E-state index in [1.165, 1.54) is 23.5 Å². The molecule has 48 heavy (non-hydrogen) atoms. The van der Waals surface area contributed by atoms with E-state index < -0.39 is 43.3 Å². The zero-order valence-electron chi connectivity index (χ0n) is 28.6. The lowest BCUT2D eigenvalue weighted by Crippen LogP contribution is -2.59. The topological polar surface area (TPSA) is 84.4 Å². The number of sulfone groups is 1. The minimum absolute atomic E-state index is 0.0111. The quantitative estimate of drug-likeness (QED) is 0.208. The highest BCUT2D eigenvalue weighted by atomic mass is 35.5. The van der Waals surface area contributed by atoms with Crippen LogP contribution >= 0.6 is 34.5 Å². The molecule has 1 saturated carbocycles. The van der Waals surface area contributed by atoms with Crippen LogP contribution in [-0.4, -0.2) is 46.5 Å². The number of benzene rings is 2. The van der Waals surface area contributed by atoms with E-state index in [1.807, 2.05) is 45.9 Å². The number of nitrogens with zero attached hydrogens (tertiary/aromatic N) is 2. The number of Topliss-reactive ketones (excluding diaryl/α,β-unsaturated/α-hetero) is 1. The maximum atomic E-state index is 15.2. The summed E-state index contributed by atoms with van der Waals surface area (Å²) in [5.41, 5.74) is -0.0543. The van der Waals surface area contributed by atoms with Gasteiger partial charge in [0.05, 0.1) is 32.0 Å². The van der Waals surface area contributed by atoms with Crippen LogP contribution < -0.4 is 0 Å². The number of halogens is 3. The Hall–Kier alpha value is -2.33. The molecule has 1 aliphatic heterocycles. The zero-order valence-corrected chi connectivity index (χ0v) is 31.8. The highest BCUT2D eigenvalue weighted by Crippen LogP contribution is 2.54. The average Bonchev–Trinajstić information content (AvgIpc) is 3.73. The summed E-state index contributed by atoms with van der Waals surface area (Å²) in [4.78, 5) is 35.2. The fourth-order valence-electron chi connectivity index (χ4n) is 6.62. The summed E-state index contributed by atoms with van der Waals surface area (Å²) >= 11 is 14.1. The van der Waals surface area contributed by atoms with Crippen LogP contribution in [0.1, 0.15) is 101 Å². The Kier molecular flexibility index (Phi) is 10.3. The molecule has 1 aromatic heterocycles. The molecule has 2 heterocycles. The zero-order chi connectivity index (χ0) is 35.4. The Morgan fingerprint density at radius 1 is 1.08 bits per heavy atom. The van der Waals surface area contributed by atoms with Crippen LogP contribution in [0.3, 0.4) is 0 Å². The summed E-state index contributed by atoms with van der Waals surface area (Å²) in [5, 5.41) is 1.23. The van der Waals surface area contributed by atoms with Crippen molar-refractivity contribution in [3.8, 4) is 0 Å². The first-order chi connectivity index (χ1) is 22.2. The number of amides is 1. The third-order valence-corrected chi connectivity index (χ3v) is 14.0. The lowest BCUT2D eigenvalue weighted by atomic mass is 9.67. The second kappa shape index (κ2) is 13.4. The number of hydrogen-bond donors (Lipinski definition) is 0. The van der Waals surface area contributed by atoms with Gasteiger partial charge in [0.2, 0.25) is 5.91 Å². The molecular weight excluding hydrogens is 690 g/mol. The Morgan fingerprint density at radius 2 is 1.77 bits per heavy atom. The number of carbonyl (C=O) groups is 2. The number of aromatic nitrogens is 1. The molecule has 2 aliphatic rings. The number of carbonyl (C=O) groups excluding carboxylic acids is 2. The number of hydrogen-bond acceptors (Lipinski definition) is 6. The van der Waals surface area contributed by atoms with Crippen molar-refractivity contribution in [3.05, 3.63) is 85.5 Å². The molecule has 0 spiro atoms. The first kappa shape index (κ1) is 36.9. The minimum Gasteiger partial charge on any atom is -0.330 e. The minimum atomic E-state index is -3.65. The van der Waals surface area contributed by atoms with Gasteiger partial charge in [-0.1, -0.05) is 69.1 Å². The first-order valence-electron chi connectivity index (χ1n) is 16.4. The first-order valence-corrected chi connectivity index (χ1v) is 19.6. The molecule has 1 saturated heterocycles. The van der Waals surface area contributed by atoms with Crippen molar-refractivity contribution in [2.75, 3.05) is 5.75 Å². The fourth-order valence-corrected chi connectivity index (χ4v) is 9.42. The number of piperidine rings is 1. The lowest BCUT2D eigenvalue weighted by Gasteiger charge is -2.52. The number of rotatable bonds is 10. The van der Waals surface area contributed by atoms with E-state index in [1.54, 1.807) is 44.0 Å². The molecule has 0 unspecified atom stereocenters. The van der Waals surface area contributed by atoms with Crippen molar-refractivity contribution in [2.24, 2.45) is 16.7 Å². The highest BCUT2D eigenvalue weighted by molar-refractivity contribution is 7.92. The van der Waals surface area contributed by atoms with Crippen molar-refractivity contribution >= 4 is 56.1 Å². The SMILES string of the molecule is CC(C)(C)C(=O)Cc1cnc(C[C@@]2(C)C[C@H](c3cccc(Cl)c3)[C@@H](c3ccc(Cl)c(F)c3)N([C@H](CS(=O)(=O)C(C)(C)C)C3CC3)C2=O)s1. The van der Waals surface area contributed by atoms with Crippen LogP contribution in [0.4, 0.5) is 4.39 Å². The third-order valence-electron chi connectivity index (χ3n) is 9.82. The van der Waals surface area contributed by atoms with E-state index in [9.17, 15) is 13.2 Å². The van der Waals surface area contributed by atoms with Gasteiger partial charge in [-0.3, -0.25) is 9.59 Å². The van der Waals surface area contributed by atoms with Gasteiger partial charge >= 0.3 is 0 Å². The summed E-state index contributed by atoms with van der Waals surface area (Å²) in [7, 11) is -3.65. The summed E-state index contributed by atoms with van der Waals surface area (Å²) in [5.74, 6) is -1.26. The van der Waals surface area contributed by atoms with Gasteiger partial charge in [-0.2, -0.15) is 0 Å². The molecule has 1 amide bonds. The summed E-state index contributed by atoms with van der Waals surface area (Å²) in [6.07, 6.45) is 4.27. The Labute approximate surface area is 298 Å². The maximum Gasteiger partial charge on any atom is 0.229 e. The third kappa shape index (κ3) is 7.85. The average molecular weight is 736 g/mol. The normalized spacial score (nSPS) is 23.0. The van der Waals surface area contributed by atoms with Crippen LogP contribution in [0.2, 0.25) is 10.0 Å². The van der Waals surface area contributed by atoms with Crippen LogP contribution in [0.25, 0.3) is 0 Å². The molecule has 0 bridgehead atoms. The van der Waals surface area contributed by atoms with Gasteiger partial charge in [-0.05, 0) is 81.3 Å². The lowest BCUT2D eigenvalue weighted by molar-refractivity contribution is -0.154. The summed E-state index contributed by atoms with van der Waals surface area (Å²) in [6, 6.07) is 10.8. The Morgan fingerprint density at radius 3 is 2.35 bits per heavy atom. The van der Waals surface area contributed by atoms with Gasteiger partial charge < -0.3 is 4.90 Å². The van der Waals surface area contributed by atoms with Gasteiger partial charge in [-0.15, -0.1) is 11.3 Å². The van der Waals surface area contributed by atoms with Crippen LogP contribution in [0.5, 0.6) is 0 Å². The molecule has 11 heteroatoms. The summed E-state index contributed by atoms with van der Waals surface area (Å²) in [6.45, 7) is 12.6. The highest BCUT2D eigenvalue weighted by Gasteiger charge is 2.55. The van der Waals surface area contributed by atoms with Crippen molar-refractivity contribution in [3.63, 3.8) is 0 Å². The molecular formula is C37H45Cl2FN2O4S2. The summed E-state index contributed by atoms with van der Waals surface area (Å²) < 4.78 is 41.8. The van der Waals surface area contributed by atoms with E-state index in [4.69, 9.17) is 23.2 Å². The molecule has 0 radical (unpaired) electrons. The van der Waals surface area contributed by atoms with Crippen LogP contribution in [-0.2, 0) is 32.3 Å². The number of likely N-dealkylation sites (tertiary alicyclic amines) is 1. The molecule has 0 N–H and O–H groups in total. The second-order valence-corrected chi connectivity index (χ2v) is 20.6. The van der Waals surface area contributed by atoms with Crippen LogP contribution in [0, 0.1) is 22.6 Å². The number of thiazole rings is 1. The van der Waals surface area contributed by atoms with Gasteiger partial charge in [0.1, 0.15) is 11.6 Å². The van der Waals surface area contributed by atoms with Gasteiger partial charge in [0, 0.05) is 46.3 Å². The smallest absolute Gasteiger partial charge is 0.229 e. The molecule has 2 aromatic carbocycles. The van der Waals surface area contributed by atoms with E-state index in [0.717, 1.165) is 28.3 Å². The van der Waals surface area contributed by atoms with Crippen molar-refractivity contribution in [2.45, 2.75) is 103 Å². The van der Waals surface area contributed by atoms with Crippen molar-refractivity contribution in [1.82, 2.24) is 9.88 Å². The van der Waals surface area contributed by atoms with Crippen LogP contribution in [0.15, 0.2) is 48.7 Å². The van der Waals surface area contributed by atoms with Gasteiger partial charge in [0.15, 0.2) is 9.84 Å². The molecule has 2 fully saturated rings. The fraction of sp³-hybridized carbons (Fsp3) is 0.541. The van der Waals surface area contributed by atoms with Gasteiger partial charge in [0.25, 0.3) is 0 Å². The standard InChI is InChI=1S/C37H45Cl2FN2O4S2/c1-35(2,3)31(43)17-26-20-41-32(47-26)19-37(7)18-27(23-9-8-10-25(38)15-23)33(24-13-14-28(39)29(40)16-24)42(34(37)44)30(22-11-12-22)21-48(45,46)36(4,5)6/h8-10,13-16,20,22,27,30,33H,11-12,17-19,21H2,1-7H3/t27-,30-,33-,37-/m1/s1. The molecule has 4 atom stereocenters.